The number of para-hydroxylation sites is 1. The fourth-order valence-electron chi connectivity index (χ4n) is 2.25. The number of alkyl carbamates (subject to hydrolysis) is 1. The molecule has 130 valence electrons. The van der Waals surface area contributed by atoms with Crippen LogP contribution in [0.2, 0.25) is 0 Å². The molecule has 1 unspecified atom stereocenters. The molecule has 1 N–H and O–H groups in total. The summed E-state index contributed by atoms with van der Waals surface area (Å²) in [6.45, 7) is 2.64. The summed E-state index contributed by atoms with van der Waals surface area (Å²) in [6, 6.07) is 18.3. The van der Waals surface area contributed by atoms with Gasteiger partial charge in [0.2, 0.25) is 6.10 Å². The van der Waals surface area contributed by atoms with Crippen molar-refractivity contribution in [1.82, 2.24) is 5.32 Å². The van der Waals surface area contributed by atoms with Gasteiger partial charge in [-0.25, -0.2) is 4.79 Å². The summed E-state index contributed by atoms with van der Waals surface area (Å²) in [5.74, 6) is 1.28. The van der Waals surface area contributed by atoms with Crippen LogP contribution in [0.4, 0.5) is 4.79 Å². The molecule has 2 aromatic rings. The summed E-state index contributed by atoms with van der Waals surface area (Å²) in [5.41, 5.74) is 0.569. The van der Waals surface area contributed by atoms with Crippen molar-refractivity contribution in [2.24, 2.45) is 0 Å². The summed E-state index contributed by atoms with van der Waals surface area (Å²) in [7, 11) is 0. The molecule has 1 amide bonds. The number of hydrogen-bond donors (Lipinski definition) is 1. The maximum Gasteiger partial charge on any atom is 0.408 e. The van der Waals surface area contributed by atoms with Gasteiger partial charge in [-0.1, -0.05) is 50.1 Å². The minimum atomic E-state index is -0.981. The molecule has 0 heterocycles. The molecular formula is C20H22N2O3. The van der Waals surface area contributed by atoms with Gasteiger partial charge in [-0.3, -0.25) is 0 Å². The average molecular weight is 338 g/mol. The van der Waals surface area contributed by atoms with E-state index in [1.54, 1.807) is 24.3 Å². The average Bonchev–Trinajstić information content (AvgIpc) is 2.64. The van der Waals surface area contributed by atoms with E-state index in [2.05, 4.69) is 12.2 Å². The maximum atomic E-state index is 11.8. The van der Waals surface area contributed by atoms with Gasteiger partial charge in [0.1, 0.15) is 17.6 Å². The second-order valence-electron chi connectivity index (χ2n) is 5.54. The molecule has 0 spiro atoms. The zero-order valence-electron chi connectivity index (χ0n) is 14.3. The number of ether oxygens (including phenoxy) is 2. The van der Waals surface area contributed by atoms with Crippen LogP contribution < -0.4 is 10.1 Å². The molecular weight excluding hydrogens is 316 g/mol. The summed E-state index contributed by atoms with van der Waals surface area (Å²) >= 11 is 0. The molecule has 0 bridgehead atoms. The second kappa shape index (κ2) is 9.99. The van der Waals surface area contributed by atoms with Gasteiger partial charge in [-0.15, -0.1) is 0 Å². The predicted molar refractivity (Wildman–Crippen MR) is 95.3 cm³/mol. The summed E-state index contributed by atoms with van der Waals surface area (Å²) in [6.07, 6.45) is 1.44. The number of benzene rings is 2. The quantitative estimate of drug-likeness (QED) is 0.691. The van der Waals surface area contributed by atoms with Crippen molar-refractivity contribution in [3.05, 3.63) is 60.2 Å². The van der Waals surface area contributed by atoms with Crippen LogP contribution in [0, 0.1) is 11.3 Å². The Kier molecular flexibility index (Phi) is 7.33. The van der Waals surface area contributed by atoms with E-state index in [1.807, 2.05) is 36.4 Å². The van der Waals surface area contributed by atoms with Crippen LogP contribution in [0.15, 0.2) is 54.6 Å². The minimum absolute atomic E-state index is 0.544. The van der Waals surface area contributed by atoms with Gasteiger partial charge >= 0.3 is 6.09 Å². The van der Waals surface area contributed by atoms with E-state index in [9.17, 15) is 10.1 Å². The number of amides is 1. The van der Waals surface area contributed by atoms with Gasteiger partial charge in [-0.2, -0.15) is 5.26 Å². The van der Waals surface area contributed by atoms with E-state index < -0.39 is 12.2 Å². The van der Waals surface area contributed by atoms with Crippen molar-refractivity contribution >= 4 is 6.09 Å². The Morgan fingerprint density at radius 1 is 1.12 bits per heavy atom. The van der Waals surface area contributed by atoms with E-state index in [-0.39, 0.29) is 0 Å². The Bertz CT molecular complexity index is 710. The molecule has 0 aliphatic rings. The van der Waals surface area contributed by atoms with Crippen LogP contribution in [-0.2, 0) is 4.74 Å². The normalized spacial score (nSPS) is 11.2. The topological polar surface area (TPSA) is 71.3 Å². The highest BCUT2D eigenvalue weighted by atomic mass is 16.6. The Hall–Kier alpha value is -3.00. The Morgan fingerprint density at radius 2 is 1.88 bits per heavy atom. The number of hydrogen-bond acceptors (Lipinski definition) is 4. The molecule has 0 radical (unpaired) electrons. The molecule has 2 aromatic carbocycles. The molecule has 5 heteroatoms. The highest BCUT2D eigenvalue weighted by molar-refractivity contribution is 5.67. The fourth-order valence-corrected chi connectivity index (χ4v) is 2.25. The standard InChI is InChI=1S/C20H22N2O3/c1-2-3-7-13-22-20(23)25-19(15-21)16-9-8-12-18(14-16)24-17-10-5-4-6-11-17/h4-6,8-12,14,19H,2-3,7,13H2,1H3,(H,22,23). The van der Waals surface area contributed by atoms with E-state index in [0.29, 0.717) is 23.6 Å². The molecule has 25 heavy (non-hydrogen) atoms. The first-order valence-electron chi connectivity index (χ1n) is 8.40. The number of carbonyl (C=O) groups is 1. The molecule has 0 aliphatic carbocycles. The molecule has 2 rings (SSSR count). The van der Waals surface area contributed by atoms with Crippen LogP contribution >= 0.6 is 0 Å². The smallest absolute Gasteiger partial charge is 0.408 e. The molecule has 1 atom stereocenters. The van der Waals surface area contributed by atoms with Crippen LogP contribution in [0.3, 0.4) is 0 Å². The Labute approximate surface area is 148 Å². The van der Waals surface area contributed by atoms with E-state index >= 15 is 0 Å². The SMILES string of the molecule is CCCCCNC(=O)OC(C#N)c1cccc(Oc2ccccc2)c1. The van der Waals surface area contributed by atoms with Crippen molar-refractivity contribution in [3.8, 4) is 17.6 Å². The molecule has 5 nitrogen and oxygen atoms in total. The number of unbranched alkanes of at least 4 members (excludes halogenated alkanes) is 2. The largest absolute Gasteiger partial charge is 0.457 e. The van der Waals surface area contributed by atoms with Gasteiger partial charge in [-0.05, 0) is 30.7 Å². The molecule has 0 aliphatic heterocycles. The highest BCUT2D eigenvalue weighted by Gasteiger charge is 2.16. The third kappa shape index (κ3) is 6.19. The number of nitrogens with zero attached hydrogens (tertiary/aromatic N) is 1. The van der Waals surface area contributed by atoms with E-state index in [1.165, 1.54) is 0 Å². The van der Waals surface area contributed by atoms with E-state index in [4.69, 9.17) is 9.47 Å². The predicted octanol–water partition coefficient (Wildman–Crippen LogP) is 4.96. The third-order valence-electron chi connectivity index (χ3n) is 3.53. The number of rotatable bonds is 8. The first kappa shape index (κ1) is 18.3. The van der Waals surface area contributed by atoms with Crippen molar-refractivity contribution < 1.29 is 14.3 Å². The highest BCUT2D eigenvalue weighted by Crippen LogP contribution is 2.25. The molecule has 0 saturated carbocycles. The zero-order chi connectivity index (χ0) is 17.9. The molecule has 0 saturated heterocycles. The number of nitrogens with one attached hydrogen (secondary N) is 1. The van der Waals surface area contributed by atoms with Crippen LogP contribution in [-0.4, -0.2) is 12.6 Å². The van der Waals surface area contributed by atoms with Gasteiger partial charge in [0, 0.05) is 12.1 Å². The zero-order valence-corrected chi connectivity index (χ0v) is 14.3. The molecule has 0 aromatic heterocycles. The summed E-state index contributed by atoms with van der Waals surface area (Å²) in [5, 5.41) is 12.0. The van der Waals surface area contributed by atoms with Crippen molar-refractivity contribution in [1.29, 1.82) is 5.26 Å². The monoisotopic (exact) mass is 338 g/mol. The number of nitriles is 1. The van der Waals surface area contributed by atoms with Crippen molar-refractivity contribution in [2.75, 3.05) is 6.54 Å². The summed E-state index contributed by atoms with van der Waals surface area (Å²) in [4.78, 5) is 11.8. The third-order valence-corrected chi connectivity index (χ3v) is 3.53. The molecule has 0 fully saturated rings. The Balaban J connectivity index is 1.97. The second-order valence-corrected chi connectivity index (χ2v) is 5.54. The maximum absolute atomic E-state index is 11.8. The minimum Gasteiger partial charge on any atom is -0.457 e. The lowest BCUT2D eigenvalue weighted by atomic mass is 10.1. The van der Waals surface area contributed by atoms with Crippen LogP contribution in [0.5, 0.6) is 11.5 Å². The van der Waals surface area contributed by atoms with Gasteiger partial charge in [0.05, 0.1) is 0 Å². The lowest BCUT2D eigenvalue weighted by Gasteiger charge is -2.13. The lowest BCUT2D eigenvalue weighted by Crippen LogP contribution is -2.26. The summed E-state index contributed by atoms with van der Waals surface area (Å²) < 4.78 is 10.9. The number of carbonyl (C=O) groups excluding carboxylic acids is 1. The fraction of sp³-hybridized carbons (Fsp3) is 0.300. The first-order chi connectivity index (χ1) is 12.2. The van der Waals surface area contributed by atoms with Gasteiger partial charge < -0.3 is 14.8 Å². The Morgan fingerprint density at radius 3 is 2.60 bits per heavy atom. The van der Waals surface area contributed by atoms with Crippen molar-refractivity contribution in [3.63, 3.8) is 0 Å². The lowest BCUT2D eigenvalue weighted by molar-refractivity contribution is 0.122. The van der Waals surface area contributed by atoms with Crippen LogP contribution in [0.25, 0.3) is 0 Å². The first-order valence-corrected chi connectivity index (χ1v) is 8.40. The van der Waals surface area contributed by atoms with Crippen LogP contribution in [0.1, 0.15) is 37.9 Å². The van der Waals surface area contributed by atoms with E-state index in [0.717, 1.165) is 19.3 Å². The van der Waals surface area contributed by atoms with Gasteiger partial charge in [0.25, 0.3) is 0 Å². The van der Waals surface area contributed by atoms with Crippen molar-refractivity contribution in [2.45, 2.75) is 32.3 Å². The van der Waals surface area contributed by atoms with Gasteiger partial charge in [0.15, 0.2) is 0 Å².